The van der Waals surface area contributed by atoms with Crippen molar-refractivity contribution in [3.8, 4) is 0 Å². The first-order chi connectivity index (χ1) is 5.61. The van der Waals surface area contributed by atoms with Gasteiger partial charge in [0.1, 0.15) is 10.4 Å². The van der Waals surface area contributed by atoms with Crippen LogP contribution in [0.15, 0.2) is 0 Å². The summed E-state index contributed by atoms with van der Waals surface area (Å²) in [5.41, 5.74) is 5.35. The molecule has 0 saturated carbocycles. The Balaban J connectivity index is 2.40. The summed E-state index contributed by atoms with van der Waals surface area (Å²) >= 11 is 6.55. The van der Waals surface area contributed by atoms with Crippen LogP contribution in [0, 0.1) is 0 Å². The van der Waals surface area contributed by atoms with Crippen molar-refractivity contribution in [1.82, 2.24) is 4.90 Å². The molecule has 1 aliphatic heterocycles. The summed E-state index contributed by atoms with van der Waals surface area (Å²) in [4.78, 5) is 12.2. The van der Waals surface area contributed by atoms with Crippen molar-refractivity contribution in [2.24, 2.45) is 5.73 Å². The van der Waals surface area contributed by atoms with Crippen molar-refractivity contribution in [3.05, 3.63) is 0 Å². The lowest BCUT2D eigenvalue weighted by molar-refractivity contribution is -0.138. The maximum atomic E-state index is 10.4. The Morgan fingerprint density at radius 3 is 3.00 bits per heavy atom. The molecule has 1 atom stereocenters. The zero-order valence-electron chi connectivity index (χ0n) is 6.40. The predicted octanol–water partition coefficient (Wildman–Crippen LogP) is -0.268. The Bertz CT molecular complexity index is 210. The van der Waals surface area contributed by atoms with Gasteiger partial charge < -0.3 is 15.7 Å². The first-order valence-electron chi connectivity index (χ1n) is 3.51. The largest absolute Gasteiger partial charge is 0.480 e. The summed E-state index contributed by atoms with van der Waals surface area (Å²) in [6.07, 6.45) is 0. The Labute approximate surface area is 80.1 Å². The van der Waals surface area contributed by atoms with Crippen molar-refractivity contribution >= 4 is 34.3 Å². The molecule has 6 heteroatoms. The number of thiocarbonyl (C=S) groups is 1. The molecule has 0 aromatic carbocycles. The van der Waals surface area contributed by atoms with Crippen LogP contribution >= 0.6 is 24.0 Å². The molecule has 0 aromatic heterocycles. The first kappa shape index (κ1) is 9.76. The Morgan fingerprint density at radius 1 is 1.92 bits per heavy atom. The van der Waals surface area contributed by atoms with Crippen molar-refractivity contribution < 1.29 is 9.90 Å². The van der Waals surface area contributed by atoms with Gasteiger partial charge in [-0.3, -0.25) is 4.79 Å². The highest BCUT2D eigenvalue weighted by atomic mass is 32.2. The fourth-order valence-electron chi connectivity index (χ4n) is 0.907. The molecule has 0 bridgehead atoms. The molecule has 1 heterocycles. The molecular formula is C6H10N2O2S2. The number of nitrogens with zero attached hydrogens (tertiary/aromatic N) is 1. The highest BCUT2D eigenvalue weighted by Gasteiger charge is 2.22. The van der Waals surface area contributed by atoms with E-state index in [0.717, 1.165) is 16.6 Å². The van der Waals surface area contributed by atoms with Gasteiger partial charge in [0.05, 0.1) is 0 Å². The molecule has 0 aromatic rings. The van der Waals surface area contributed by atoms with Crippen molar-refractivity contribution in [2.45, 2.75) is 6.04 Å². The lowest BCUT2D eigenvalue weighted by Gasteiger charge is -2.18. The molecule has 0 aliphatic carbocycles. The van der Waals surface area contributed by atoms with Gasteiger partial charge in [-0.2, -0.15) is 0 Å². The van der Waals surface area contributed by atoms with Crippen LogP contribution < -0.4 is 5.73 Å². The summed E-state index contributed by atoms with van der Waals surface area (Å²) in [6, 6.07) is -0.832. The number of aliphatic carboxylic acids is 1. The molecular weight excluding hydrogens is 196 g/mol. The van der Waals surface area contributed by atoms with Gasteiger partial charge in [0.15, 0.2) is 0 Å². The number of hydrogen-bond acceptors (Lipinski definition) is 4. The Kier molecular flexibility index (Phi) is 3.30. The van der Waals surface area contributed by atoms with E-state index in [-0.39, 0.29) is 0 Å². The number of carboxylic acid groups (broad SMARTS) is 1. The maximum Gasteiger partial charge on any atom is 0.322 e. The van der Waals surface area contributed by atoms with Crippen LogP contribution in [0.5, 0.6) is 0 Å². The summed E-state index contributed by atoms with van der Waals surface area (Å²) in [6.45, 7) is 1.13. The third-order valence-electron chi connectivity index (χ3n) is 1.58. The molecule has 1 fully saturated rings. The average Bonchev–Trinajstić information content (AvgIpc) is 2.36. The molecule has 1 unspecified atom stereocenters. The number of carbonyl (C=O) groups is 1. The van der Waals surface area contributed by atoms with Gasteiger partial charge in [0.2, 0.25) is 0 Å². The maximum absolute atomic E-state index is 10.4. The van der Waals surface area contributed by atoms with E-state index in [1.165, 1.54) is 0 Å². The molecule has 1 rings (SSSR count). The normalized spacial score (nSPS) is 19.8. The number of thioether (sulfide) groups is 1. The van der Waals surface area contributed by atoms with E-state index >= 15 is 0 Å². The number of hydrogen-bond donors (Lipinski definition) is 2. The van der Waals surface area contributed by atoms with Gasteiger partial charge >= 0.3 is 5.97 Å². The van der Waals surface area contributed by atoms with E-state index in [2.05, 4.69) is 0 Å². The van der Waals surface area contributed by atoms with Gasteiger partial charge in [-0.05, 0) is 0 Å². The first-order valence-corrected chi connectivity index (χ1v) is 4.90. The molecule has 1 saturated heterocycles. The van der Waals surface area contributed by atoms with Crippen LogP contribution in [0.25, 0.3) is 0 Å². The third kappa shape index (κ3) is 2.33. The molecule has 68 valence electrons. The minimum atomic E-state index is -0.977. The summed E-state index contributed by atoms with van der Waals surface area (Å²) < 4.78 is 0.756. The van der Waals surface area contributed by atoms with Gasteiger partial charge in [-0.25, -0.2) is 0 Å². The predicted molar refractivity (Wildman–Crippen MR) is 52.2 cm³/mol. The van der Waals surface area contributed by atoms with Crippen LogP contribution in [0.4, 0.5) is 0 Å². The van der Waals surface area contributed by atoms with Crippen LogP contribution in [0.2, 0.25) is 0 Å². The quantitative estimate of drug-likeness (QED) is 0.620. The van der Waals surface area contributed by atoms with E-state index in [1.807, 2.05) is 4.90 Å². The zero-order valence-corrected chi connectivity index (χ0v) is 8.03. The summed E-state index contributed by atoms with van der Waals surface area (Å²) in [5, 5.41) is 8.53. The van der Waals surface area contributed by atoms with Gasteiger partial charge in [0, 0.05) is 18.8 Å². The smallest absolute Gasteiger partial charge is 0.322 e. The van der Waals surface area contributed by atoms with Crippen molar-refractivity contribution in [1.29, 1.82) is 0 Å². The molecule has 1 aliphatic rings. The molecule has 4 nitrogen and oxygen atoms in total. The lowest BCUT2D eigenvalue weighted by Crippen LogP contribution is -2.42. The van der Waals surface area contributed by atoms with Crippen molar-refractivity contribution in [3.63, 3.8) is 0 Å². The minimum absolute atomic E-state index is 0.321. The van der Waals surface area contributed by atoms with E-state index in [1.54, 1.807) is 11.8 Å². The van der Waals surface area contributed by atoms with E-state index in [9.17, 15) is 4.79 Å². The Hall–Kier alpha value is -0.330. The van der Waals surface area contributed by atoms with Crippen LogP contribution in [0.1, 0.15) is 0 Å². The van der Waals surface area contributed by atoms with Crippen LogP contribution in [-0.2, 0) is 4.79 Å². The molecule has 12 heavy (non-hydrogen) atoms. The SMILES string of the molecule is NC(CN1CCSC1=S)C(=O)O. The van der Waals surface area contributed by atoms with Gasteiger partial charge in [0.25, 0.3) is 0 Å². The van der Waals surface area contributed by atoms with E-state index < -0.39 is 12.0 Å². The van der Waals surface area contributed by atoms with Gasteiger partial charge in [-0.1, -0.05) is 24.0 Å². The van der Waals surface area contributed by atoms with Gasteiger partial charge in [-0.15, -0.1) is 0 Å². The molecule has 0 amide bonds. The highest BCUT2D eigenvalue weighted by Crippen LogP contribution is 2.17. The minimum Gasteiger partial charge on any atom is -0.480 e. The summed E-state index contributed by atoms with van der Waals surface area (Å²) in [7, 11) is 0. The molecule has 0 radical (unpaired) electrons. The van der Waals surface area contributed by atoms with Crippen LogP contribution in [0.3, 0.4) is 0 Å². The average molecular weight is 206 g/mol. The zero-order chi connectivity index (χ0) is 9.14. The fourth-order valence-corrected chi connectivity index (χ4v) is 2.16. The lowest BCUT2D eigenvalue weighted by atomic mass is 10.3. The molecule has 3 N–H and O–H groups in total. The topological polar surface area (TPSA) is 66.6 Å². The monoisotopic (exact) mass is 206 g/mol. The standard InChI is InChI=1S/C6H10N2O2S2/c7-4(5(9)10)3-8-1-2-12-6(8)11/h4H,1-3,7H2,(H,9,10). The number of carboxylic acids is 1. The second kappa shape index (κ2) is 4.06. The second-order valence-electron chi connectivity index (χ2n) is 2.51. The third-order valence-corrected chi connectivity index (χ3v) is 3.08. The van der Waals surface area contributed by atoms with Crippen LogP contribution in [-0.4, -0.2) is 45.2 Å². The van der Waals surface area contributed by atoms with E-state index in [0.29, 0.717) is 6.54 Å². The second-order valence-corrected chi connectivity index (χ2v) is 4.23. The fraction of sp³-hybridized carbons (Fsp3) is 0.667. The Morgan fingerprint density at radius 2 is 2.58 bits per heavy atom. The molecule has 0 spiro atoms. The number of rotatable bonds is 3. The van der Waals surface area contributed by atoms with E-state index in [4.69, 9.17) is 23.1 Å². The highest BCUT2D eigenvalue weighted by molar-refractivity contribution is 8.23. The summed E-state index contributed by atoms with van der Waals surface area (Å²) in [5.74, 6) is -0.0414. The van der Waals surface area contributed by atoms with Crippen molar-refractivity contribution in [2.75, 3.05) is 18.8 Å². The number of nitrogens with two attached hydrogens (primary N) is 1.